The lowest BCUT2D eigenvalue weighted by Crippen LogP contribution is -2.00. The standard InChI is InChI=1S/C9H10ClNO2/c1-5(12)6-3-9(13-2)7(10)4-8(6)11/h3-4H,11H2,1-2H3. The smallest absolute Gasteiger partial charge is 0.162 e. The fourth-order valence-electron chi connectivity index (χ4n) is 1.03. The zero-order chi connectivity index (χ0) is 10.0. The number of benzene rings is 1. The molecule has 13 heavy (non-hydrogen) atoms. The van der Waals surface area contributed by atoms with Crippen molar-refractivity contribution in [3.63, 3.8) is 0 Å². The van der Waals surface area contributed by atoms with Gasteiger partial charge in [-0.25, -0.2) is 0 Å². The van der Waals surface area contributed by atoms with Gasteiger partial charge in [0.15, 0.2) is 5.78 Å². The van der Waals surface area contributed by atoms with Crippen LogP contribution in [0.2, 0.25) is 5.02 Å². The van der Waals surface area contributed by atoms with Crippen molar-refractivity contribution in [3.05, 3.63) is 22.7 Å². The minimum Gasteiger partial charge on any atom is -0.495 e. The van der Waals surface area contributed by atoms with Crippen molar-refractivity contribution in [2.45, 2.75) is 6.92 Å². The predicted octanol–water partition coefficient (Wildman–Crippen LogP) is 2.13. The van der Waals surface area contributed by atoms with Crippen LogP contribution in [0.4, 0.5) is 5.69 Å². The van der Waals surface area contributed by atoms with Gasteiger partial charge in [-0.2, -0.15) is 0 Å². The third kappa shape index (κ3) is 1.92. The molecule has 1 aromatic rings. The molecule has 0 saturated heterocycles. The molecule has 1 aromatic carbocycles. The Bertz CT molecular complexity index is 350. The average Bonchev–Trinajstić information content (AvgIpc) is 2.03. The zero-order valence-electron chi connectivity index (χ0n) is 7.43. The van der Waals surface area contributed by atoms with E-state index in [2.05, 4.69) is 0 Å². The molecule has 70 valence electrons. The molecule has 0 aliphatic rings. The van der Waals surface area contributed by atoms with E-state index < -0.39 is 0 Å². The molecule has 4 heteroatoms. The lowest BCUT2D eigenvalue weighted by atomic mass is 10.1. The Morgan fingerprint density at radius 2 is 2.15 bits per heavy atom. The first-order valence-corrected chi connectivity index (χ1v) is 4.08. The highest BCUT2D eigenvalue weighted by Gasteiger charge is 2.09. The first-order chi connectivity index (χ1) is 6.06. The molecule has 0 fully saturated rings. The first kappa shape index (κ1) is 9.86. The Morgan fingerprint density at radius 1 is 1.54 bits per heavy atom. The third-order valence-electron chi connectivity index (χ3n) is 1.70. The molecule has 0 spiro atoms. The summed E-state index contributed by atoms with van der Waals surface area (Å²) in [6, 6.07) is 3.05. The van der Waals surface area contributed by atoms with Crippen molar-refractivity contribution in [2.75, 3.05) is 12.8 Å². The summed E-state index contributed by atoms with van der Waals surface area (Å²) in [7, 11) is 1.49. The van der Waals surface area contributed by atoms with Crippen LogP contribution in [0.25, 0.3) is 0 Å². The summed E-state index contributed by atoms with van der Waals surface area (Å²) in [5, 5.41) is 0.407. The molecule has 1 rings (SSSR count). The van der Waals surface area contributed by atoms with Gasteiger partial charge in [-0.3, -0.25) is 4.79 Å². The number of rotatable bonds is 2. The van der Waals surface area contributed by atoms with Crippen LogP contribution in [-0.2, 0) is 0 Å². The number of ether oxygens (including phenoxy) is 1. The summed E-state index contributed by atoms with van der Waals surface area (Å²) in [5.74, 6) is 0.355. The topological polar surface area (TPSA) is 52.3 Å². The molecule has 0 radical (unpaired) electrons. The number of hydrogen-bond acceptors (Lipinski definition) is 3. The minimum absolute atomic E-state index is 0.104. The molecule has 2 N–H and O–H groups in total. The second-order valence-corrected chi connectivity index (χ2v) is 3.04. The summed E-state index contributed by atoms with van der Waals surface area (Å²) < 4.78 is 4.95. The van der Waals surface area contributed by atoms with Gasteiger partial charge in [0.1, 0.15) is 5.75 Å². The number of nitrogen functional groups attached to an aromatic ring is 1. The van der Waals surface area contributed by atoms with E-state index >= 15 is 0 Å². The van der Waals surface area contributed by atoms with E-state index in [0.29, 0.717) is 22.0 Å². The van der Waals surface area contributed by atoms with Gasteiger partial charge in [0.05, 0.1) is 12.1 Å². The Morgan fingerprint density at radius 3 is 2.62 bits per heavy atom. The van der Waals surface area contributed by atoms with Crippen LogP contribution >= 0.6 is 11.6 Å². The monoisotopic (exact) mass is 199 g/mol. The van der Waals surface area contributed by atoms with Crippen LogP contribution in [0.1, 0.15) is 17.3 Å². The summed E-state index contributed by atoms with van der Waals surface area (Å²) in [6.07, 6.45) is 0. The van der Waals surface area contributed by atoms with Crippen LogP contribution in [0.15, 0.2) is 12.1 Å². The molecule has 3 nitrogen and oxygen atoms in total. The third-order valence-corrected chi connectivity index (χ3v) is 2.00. The van der Waals surface area contributed by atoms with E-state index in [4.69, 9.17) is 22.1 Å². The SMILES string of the molecule is COc1cc(C(C)=O)c(N)cc1Cl. The molecule has 0 heterocycles. The quantitative estimate of drug-likeness (QED) is 0.587. The van der Waals surface area contributed by atoms with Crippen LogP contribution < -0.4 is 10.5 Å². The number of carbonyl (C=O) groups excluding carboxylic acids is 1. The van der Waals surface area contributed by atoms with Crippen LogP contribution in [-0.4, -0.2) is 12.9 Å². The van der Waals surface area contributed by atoms with Crippen LogP contribution in [0.3, 0.4) is 0 Å². The lowest BCUT2D eigenvalue weighted by Gasteiger charge is -2.07. The lowest BCUT2D eigenvalue weighted by molar-refractivity contribution is 0.101. The Hall–Kier alpha value is -1.22. The van der Waals surface area contributed by atoms with Gasteiger partial charge in [0, 0.05) is 11.3 Å². The fraction of sp³-hybridized carbons (Fsp3) is 0.222. The van der Waals surface area contributed by atoms with Crippen molar-refractivity contribution in [1.82, 2.24) is 0 Å². The summed E-state index contributed by atoms with van der Waals surface area (Å²) in [4.78, 5) is 11.1. The van der Waals surface area contributed by atoms with Crippen LogP contribution in [0.5, 0.6) is 5.75 Å². The van der Waals surface area contributed by atoms with E-state index in [0.717, 1.165) is 0 Å². The number of carbonyl (C=O) groups is 1. The number of ketones is 1. The number of anilines is 1. The Labute approximate surface area is 81.4 Å². The molecule has 0 amide bonds. The summed E-state index contributed by atoms with van der Waals surface area (Å²) in [6.45, 7) is 1.44. The zero-order valence-corrected chi connectivity index (χ0v) is 8.18. The number of Topliss-reactive ketones (excluding diaryl/α,β-unsaturated/α-hetero) is 1. The molecule has 0 saturated carbocycles. The van der Waals surface area contributed by atoms with E-state index in [-0.39, 0.29) is 5.78 Å². The van der Waals surface area contributed by atoms with Gasteiger partial charge in [0.25, 0.3) is 0 Å². The first-order valence-electron chi connectivity index (χ1n) is 3.70. The van der Waals surface area contributed by atoms with Gasteiger partial charge in [-0.15, -0.1) is 0 Å². The molecule has 0 aliphatic heterocycles. The number of halogens is 1. The molecule has 0 atom stereocenters. The van der Waals surface area contributed by atoms with Crippen LogP contribution in [0, 0.1) is 0 Å². The van der Waals surface area contributed by atoms with Crippen molar-refractivity contribution < 1.29 is 9.53 Å². The highest BCUT2D eigenvalue weighted by molar-refractivity contribution is 6.32. The van der Waals surface area contributed by atoms with Gasteiger partial charge in [0.2, 0.25) is 0 Å². The van der Waals surface area contributed by atoms with E-state index in [1.165, 1.54) is 20.1 Å². The average molecular weight is 200 g/mol. The van der Waals surface area contributed by atoms with Gasteiger partial charge in [-0.1, -0.05) is 11.6 Å². The van der Waals surface area contributed by atoms with Crippen molar-refractivity contribution in [3.8, 4) is 5.75 Å². The Kier molecular flexibility index (Phi) is 2.78. The molecule has 0 aliphatic carbocycles. The number of methoxy groups -OCH3 is 1. The molecule has 0 aromatic heterocycles. The van der Waals surface area contributed by atoms with E-state index in [1.807, 2.05) is 0 Å². The molecular weight excluding hydrogens is 190 g/mol. The van der Waals surface area contributed by atoms with Crippen molar-refractivity contribution in [1.29, 1.82) is 0 Å². The molecule has 0 bridgehead atoms. The molecular formula is C9H10ClNO2. The maximum atomic E-state index is 11.1. The van der Waals surface area contributed by atoms with Crippen molar-refractivity contribution >= 4 is 23.1 Å². The second kappa shape index (κ2) is 3.66. The minimum atomic E-state index is -0.104. The van der Waals surface area contributed by atoms with Gasteiger partial charge in [-0.05, 0) is 19.1 Å². The van der Waals surface area contributed by atoms with Gasteiger partial charge >= 0.3 is 0 Å². The highest BCUT2D eigenvalue weighted by Crippen LogP contribution is 2.29. The maximum absolute atomic E-state index is 11.1. The summed E-state index contributed by atoms with van der Waals surface area (Å²) >= 11 is 5.79. The van der Waals surface area contributed by atoms with Crippen molar-refractivity contribution in [2.24, 2.45) is 0 Å². The fourth-order valence-corrected chi connectivity index (χ4v) is 1.28. The number of hydrogen-bond donors (Lipinski definition) is 1. The van der Waals surface area contributed by atoms with E-state index in [9.17, 15) is 4.79 Å². The number of nitrogens with two attached hydrogens (primary N) is 1. The second-order valence-electron chi connectivity index (χ2n) is 2.63. The normalized spacial score (nSPS) is 9.77. The Balaban J connectivity index is 3.30. The molecule has 0 unspecified atom stereocenters. The largest absolute Gasteiger partial charge is 0.495 e. The van der Waals surface area contributed by atoms with E-state index in [1.54, 1.807) is 6.07 Å². The summed E-state index contributed by atoms with van der Waals surface area (Å²) in [5.41, 5.74) is 6.39. The highest BCUT2D eigenvalue weighted by atomic mass is 35.5. The predicted molar refractivity (Wildman–Crippen MR) is 52.4 cm³/mol. The maximum Gasteiger partial charge on any atom is 0.162 e. The van der Waals surface area contributed by atoms with Gasteiger partial charge < -0.3 is 10.5 Å².